The van der Waals surface area contributed by atoms with E-state index in [4.69, 9.17) is 0 Å². The molecule has 0 spiro atoms. The van der Waals surface area contributed by atoms with E-state index in [1.54, 1.807) is 0 Å². The van der Waals surface area contributed by atoms with Gasteiger partial charge in [-0.1, -0.05) is 91.0 Å². The fourth-order valence-electron chi connectivity index (χ4n) is 2.93. The molecule has 0 amide bonds. The monoisotopic (exact) mass is 317 g/mol. The summed E-state index contributed by atoms with van der Waals surface area (Å²) in [5.41, 5.74) is 3.33. The molecule has 0 aliphatic heterocycles. The van der Waals surface area contributed by atoms with Gasteiger partial charge < -0.3 is 10.4 Å². The minimum Gasteiger partial charge on any atom is -0.386 e. The van der Waals surface area contributed by atoms with Crippen LogP contribution in [0, 0.1) is 0 Å². The molecule has 122 valence electrons. The van der Waals surface area contributed by atoms with E-state index in [2.05, 4.69) is 41.7 Å². The third-order valence-electron chi connectivity index (χ3n) is 4.24. The Morgan fingerprint density at radius 1 is 0.667 bits per heavy atom. The number of aliphatic hydroxyl groups is 1. The van der Waals surface area contributed by atoms with Gasteiger partial charge in [-0.15, -0.1) is 0 Å². The van der Waals surface area contributed by atoms with Crippen molar-refractivity contribution in [3.05, 3.63) is 108 Å². The summed E-state index contributed by atoms with van der Waals surface area (Å²) in [6, 6.07) is 30.3. The van der Waals surface area contributed by atoms with Crippen LogP contribution in [0.5, 0.6) is 0 Å². The maximum Gasteiger partial charge on any atom is 0.0984 e. The Hall–Kier alpha value is -2.42. The Morgan fingerprint density at radius 2 is 1.17 bits per heavy atom. The molecular weight excluding hydrogens is 294 g/mol. The van der Waals surface area contributed by atoms with E-state index >= 15 is 0 Å². The van der Waals surface area contributed by atoms with Gasteiger partial charge in [-0.25, -0.2) is 0 Å². The van der Waals surface area contributed by atoms with E-state index in [9.17, 15) is 5.11 Å². The molecule has 2 nitrogen and oxygen atoms in total. The maximum absolute atomic E-state index is 10.9. The topological polar surface area (TPSA) is 32.3 Å². The zero-order valence-electron chi connectivity index (χ0n) is 13.7. The molecule has 2 atom stereocenters. The van der Waals surface area contributed by atoms with Crippen molar-refractivity contribution in [3.8, 4) is 0 Å². The number of hydrogen-bond donors (Lipinski definition) is 2. The molecular formula is C22H23NO. The molecule has 0 aromatic heterocycles. The minimum absolute atomic E-state index is 0.127. The molecule has 0 aliphatic carbocycles. The molecule has 2 N–H and O–H groups in total. The molecule has 0 unspecified atom stereocenters. The van der Waals surface area contributed by atoms with Crippen LogP contribution in [-0.2, 0) is 6.42 Å². The van der Waals surface area contributed by atoms with Gasteiger partial charge in [0.15, 0.2) is 0 Å². The highest BCUT2D eigenvalue weighted by Gasteiger charge is 2.21. The predicted molar refractivity (Wildman–Crippen MR) is 98.7 cm³/mol. The molecule has 3 aromatic carbocycles. The Balaban J connectivity index is 1.73. The van der Waals surface area contributed by atoms with E-state index in [0.29, 0.717) is 0 Å². The summed E-state index contributed by atoms with van der Waals surface area (Å²) < 4.78 is 0. The van der Waals surface area contributed by atoms with Crippen LogP contribution in [0.4, 0.5) is 0 Å². The van der Waals surface area contributed by atoms with Gasteiger partial charge in [-0.05, 0) is 29.7 Å². The fourth-order valence-corrected chi connectivity index (χ4v) is 2.93. The smallest absolute Gasteiger partial charge is 0.0984 e. The van der Waals surface area contributed by atoms with Crippen LogP contribution >= 0.6 is 0 Å². The average molecular weight is 317 g/mol. The first-order chi connectivity index (χ1) is 11.8. The highest BCUT2D eigenvalue weighted by molar-refractivity contribution is 5.26. The van der Waals surface area contributed by atoms with E-state index in [1.807, 2.05) is 54.6 Å². The van der Waals surface area contributed by atoms with E-state index < -0.39 is 6.10 Å². The number of nitrogens with one attached hydrogen (secondary N) is 1. The molecule has 0 saturated heterocycles. The summed E-state index contributed by atoms with van der Waals surface area (Å²) in [5.74, 6) is 0. The molecule has 0 bridgehead atoms. The van der Waals surface area contributed by atoms with Gasteiger partial charge in [0.25, 0.3) is 0 Å². The number of aliphatic hydroxyl groups excluding tert-OH is 1. The number of hydrogen-bond acceptors (Lipinski definition) is 2. The van der Waals surface area contributed by atoms with Crippen molar-refractivity contribution in [2.45, 2.75) is 18.6 Å². The number of rotatable bonds is 7. The molecule has 0 aliphatic rings. The highest BCUT2D eigenvalue weighted by Crippen LogP contribution is 2.28. The molecule has 24 heavy (non-hydrogen) atoms. The first-order valence-electron chi connectivity index (χ1n) is 8.40. The second-order valence-electron chi connectivity index (χ2n) is 5.93. The van der Waals surface area contributed by atoms with Crippen molar-refractivity contribution in [3.63, 3.8) is 0 Å². The van der Waals surface area contributed by atoms with Crippen molar-refractivity contribution in [1.82, 2.24) is 5.32 Å². The quantitative estimate of drug-likeness (QED) is 0.681. The van der Waals surface area contributed by atoms with Crippen molar-refractivity contribution in [1.29, 1.82) is 0 Å². The van der Waals surface area contributed by atoms with Crippen LogP contribution in [-0.4, -0.2) is 11.7 Å². The van der Waals surface area contributed by atoms with Crippen molar-refractivity contribution < 1.29 is 5.11 Å². The summed E-state index contributed by atoms with van der Waals surface area (Å²) in [6.07, 6.45) is 0.357. The molecule has 0 heterocycles. The predicted octanol–water partition coefficient (Wildman–Crippen LogP) is 4.29. The first kappa shape index (κ1) is 16.4. The normalized spacial score (nSPS) is 13.4. The van der Waals surface area contributed by atoms with E-state index in [-0.39, 0.29) is 6.04 Å². The zero-order valence-corrected chi connectivity index (χ0v) is 13.7. The largest absolute Gasteiger partial charge is 0.386 e. The molecule has 0 radical (unpaired) electrons. The summed E-state index contributed by atoms with van der Waals surface area (Å²) in [6.45, 7) is 0.813. The Morgan fingerprint density at radius 3 is 1.75 bits per heavy atom. The molecule has 0 fully saturated rings. The summed E-state index contributed by atoms with van der Waals surface area (Å²) in [5, 5.41) is 14.4. The lowest BCUT2D eigenvalue weighted by Gasteiger charge is -2.25. The van der Waals surface area contributed by atoms with E-state index in [1.165, 1.54) is 5.56 Å². The van der Waals surface area contributed by atoms with Crippen LogP contribution in [0.25, 0.3) is 0 Å². The second kappa shape index (κ2) is 8.44. The van der Waals surface area contributed by atoms with Crippen LogP contribution in [0.15, 0.2) is 91.0 Å². The standard InChI is InChI=1S/C22H23NO/c24-22(20-14-8-3-9-15-20)21(19-12-6-2-7-13-19)23-17-16-18-10-4-1-5-11-18/h1-15,21-24H,16-17H2/t21-,22-/m0/s1. The Bertz CT molecular complexity index is 713. The highest BCUT2D eigenvalue weighted by atomic mass is 16.3. The average Bonchev–Trinajstić information content (AvgIpc) is 2.67. The van der Waals surface area contributed by atoms with Crippen LogP contribution in [0.3, 0.4) is 0 Å². The minimum atomic E-state index is -0.579. The lowest BCUT2D eigenvalue weighted by atomic mass is 9.95. The van der Waals surface area contributed by atoms with Crippen molar-refractivity contribution >= 4 is 0 Å². The lowest BCUT2D eigenvalue weighted by molar-refractivity contribution is 0.129. The Labute approximate surface area is 143 Å². The first-order valence-corrected chi connectivity index (χ1v) is 8.40. The zero-order chi connectivity index (χ0) is 16.6. The lowest BCUT2D eigenvalue weighted by Crippen LogP contribution is -2.29. The SMILES string of the molecule is O[C@@H](c1ccccc1)[C@@H](NCCc1ccccc1)c1ccccc1. The summed E-state index contributed by atoms with van der Waals surface area (Å²) in [7, 11) is 0. The van der Waals surface area contributed by atoms with Gasteiger partial charge >= 0.3 is 0 Å². The van der Waals surface area contributed by atoms with Crippen LogP contribution < -0.4 is 5.32 Å². The third kappa shape index (κ3) is 4.31. The van der Waals surface area contributed by atoms with Gasteiger partial charge in [0.05, 0.1) is 12.1 Å². The molecule has 0 saturated carbocycles. The summed E-state index contributed by atoms with van der Waals surface area (Å²) in [4.78, 5) is 0. The van der Waals surface area contributed by atoms with Crippen molar-refractivity contribution in [2.75, 3.05) is 6.54 Å². The van der Waals surface area contributed by atoms with Gasteiger partial charge in [0.2, 0.25) is 0 Å². The van der Waals surface area contributed by atoms with E-state index in [0.717, 1.165) is 24.1 Å². The van der Waals surface area contributed by atoms with Gasteiger partial charge in [0, 0.05) is 0 Å². The molecule has 3 aromatic rings. The van der Waals surface area contributed by atoms with Crippen LogP contribution in [0.2, 0.25) is 0 Å². The Kier molecular flexibility index (Phi) is 5.78. The summed E-state index contributed by atoms with van der Waals surface area (Å²) >= 11 is 0. The van der Waals surface area contributed by atoms with Crippen LogP contribution in [0.1, 0.15) is 28.8 Å². The fraction of sp³-hybridized carbons (Fsp3) is 0.182. The van der Waals surface area contributed by atoms with Gasteiger partial charge in [-0.2, -0.15) is 0 Å². The second-order valence-corrected chi connectivity index (χ2v) is 5.93. The molecule has 2 heteroatoms. The molecule has 3 rings (SSSR count). The number of benzene rings is 3. The van der Waals surface area contributed by atoms with Gasteiger partial charge in [-0.3, -0.25) is 0 Å². The maximum atomic E-state index is 10.9. The third-order valence-corrected chi connectivity index (χ3v) is 4.24. The van der Waals surface area contributed by atoms with Crippen molar-refractivity contribution in [2.24, 2.45) is 0 Å². The van der Waals surface area contributed by atoms with Gasteiger partial charge in [0.1, 0.15) is 0 Å².